The van der Waals surface area contributed by atoms with E-state index in [2.05, 4.69) is 317 Å². The normalized spacial score (nSPS) is 11.5. The van der Waals surface area contributed by atoms with Crippen LogP contribution in [0.15, 0.2) is 396 Å². The van der Waals surface area contributed by atoms with E-state index >= 15 is 0 Å². The van der Waals surface area contributed by atoms with Gasteiger partial charge in [0.05, 0.1) is 70.8 Å². The van der Waals surface area contributed by atoms with Gasteiger partial charge in [0.2, 0.25) is 0 Å². The Morgan fingerprint density at radius 2 is 0.565 bits per heavy atom. The molecule has 18 nitrogen and oxygen atoms in total. The van der Waals surface area contributed by atoms with Crippen LogP contribution in [0.3, 0.4) is 0 Å². The SMILES string of the molecule is [Pt+2].[Pt+2].[Pt].[c-]1c(-c2ccccn2)cccc1-n1c2[c-]c(-n3cc(-n4c5ccccc5c5cccnc54)cn3)ccc2c2ccccc21.[c-]1c(-n2cc(-n3c4ccccc4c4cccnc43)cn2)cccc1-n1c2[c-]c(-n3cccn3)ccc2c2ccccc21.[c-]1ccccc1-c1[c-]c2c(cc1)c1ccccc1n2-c1[c-]c(-n2cc(-n3c4ccccc4c4cccnc43)cn2)ccc1. The first-order valence-corrected chi connectivity index (χ1v) is 42.0. The van der Waals surface area contributed by atoms with Crippen LogP contribution in [0.4, 0.5) is 0 Å². The minimum atomic E-state index is 0. The smallest absolute Gasteiger partial charge is 0.358 e. The van der Waals surface area contributed by atoms with Crippen molar-refractivity contribution in [2.24, 2.45) is 0 Å². The molecule has 0 bridgehead atoms. The van der Waals surface area contributed by atoms with Gasteiger partial charge in [-0.25, -0.2) is 26.1 Å². The van der Waals surface area contributed by atoms with Crippen molar-refractivity contribution in [3.05, 3.63) is 438 Å². The maximum Gasteiger partial charge on any atom is 2.00 e. The summed E-state index contributed by atoms with van der Waals surface area (Å²) >= 11 is 0. The van der Waals surface area contributed by atoms with Crippen molar-refractivity contribution in [3.8, 4) is 79.3 Å². The van der Waals surface area contributed by atoms with Gasteiger partial charge in [0, 0.05) is 107 Å². The monoisotopic (exact) mass is 2220 g/mol. The van der Waals surface area contributed by atoms with Crippen LogP contribution in [0.1, 0.15) is 0 Å². The van der Waals surface area contributed by atoms with Crippen LogP contribution in [-0.2, 0) is 63.2 Å². The number of pyridine rings is 4. The molecule has 0 spiro atoms. The zero-order valence-corrected chi connectivity index (χ0v) is 75.8. The third kappa shape index (κ3) is 13.8. The number of aromatic nitrogens is 18. The molecule has 0 saturated heterocycles. The van der Waals surface area contributed by atoms with E-state index in [1.54, 1.807) is 6.20 Å². The van der Waals surface area contributed by atoms with Gasteiger partial charge >= 0.3 is 42.1 Å². The molecule has 13 aromatic carbocycles. The predicted molar refractivity (Wildman–Crippen MR) is 508 cm³/mol. The Labute approximate surface area is 791 Å². The maximum atomic E-state index is 4.78. The van der Waals surface area contributed by atoms with E-state index in [0.29, 0.717) is 0 Å². The summed E-state index contributed by atoms with van der Waals surface area (Å²) in [5.74, 6) is 0. The van der Waals surface area contributed by atoms with Crippen LogP contribution in [0, 0.1) is 42.5 Å². The first-order valence-electron chi connectivity index (χ1n) is 42.0. The molecule has 0 radical (unpaired) electrons. The molecule has 0 aliphatic carbocycles. The van der Waals surface area contributed by atoms with Crippen molar-refractivity contribution in [2.45, 2.75) is 0 Å². The van der Waals surface area contributed by atoms with E-state index in [1.807, 2.05) is 172 Å². The van der Waals surface area contributed by atoms with Crippen molar-refractivity contribution in [1.29, 1.82) is 0 Å². The van der Waals surface area contributed by atoms with Gasteiger partial charge in [-0.15, -0.1) is 113 Å². The molecule has 27 aromatic rings. The average molecular weight is 2220 g/mol. The van der Waals surface area contributed by atoms with Gasteiger partial charge in [-0.2, -0.15) is 81.1 Å². The molecule has 27 rings (SSSR count). The third-order valence-electron chi connectivity index (χ3n) is 24.0. The molecule has 0 aliphatic heterocycles. The van der Waals surface area contributed by atoms with E-state index < -0.39 is 0 Å². The summed E-state index contributed by atoms with van der Waals surface area (Å²) in [6, 6.07) is 135. The van der Waals surface area contributed by atoms with Gasteiger partial charge in [-0.05, 0) is 141 Å². The van der Waals surface area contributed by atoms with Gasteiger partial charge in [-0.3, -0.25) is 32.4 Å². The molecular formula is C110H65N18Pt3-3. The van der Waals surface area contributed by atoms with E-state index in [4.69, 9.17) is 30.2 Å². The Balaban J connectivity index is 0.000000114. The summed E-state index contributed by atoms with van der Waals surface area (Å²) in [7, 11) is 0. The van der Waals surface area contributed by atoms with Gasteiger partial charge < -0.3 is 18.7 Å². The fourth-order valence-corrected chi connectivity index (χ4v) is 18.3. The van der Waals surface area contributed by atoms with Crippen molar-refractivity contribution in [3.63, 3.8) is 0 Å². The second kappa shape index (κ2) is 33.7. The first-order chi connectivity index (χ1) is 63.5. The second-order valence-corrected chi connectivity index (χ2v) is 31.2. The second-order valence-electron chi connectivity index (χ2n) is 31.2. The van der Waals surface area contributed by atoms with Crippen molar-refractivity contribution < 1.29 is 63.2 Å². The van der Waals surface area contributed by atoms with Crippen LogP contribution in [0.2, 0.25) is 0 Å². The Morgan fingerprint density at radius 1 is 0.214 bits per heavy atom. The average Bonchev–Trinajstić information content (AvgIpc) is 1.53. The van der Waals surface area contributed by atoms with Crippen LogP contribution >= 0.6 is 0 Å². The molecule has 0 fully saturated rings. The zero-order valence-electron chi connectivity index (χ0n) is 69.0. The Bertz CT molecular complexity index is 8860. The molecule has 628 valence electrons. The van der Waals surface area contributed by atoms with Crippen LogP contribution in [-0.4, -0.2) is 86.5 Å². The number of hydrogen-bond donors (Lipinski definition) is 0. The molecule has 14 heterocycles. The Hall–Kier alpha value is -15.8. The molecule has 14 aromatic heterocycles. The van der Waals surface area contributed by atoms with E-state index in [9.17, 15) is 0 Å². The number of benzene rings is 13. The minimum Gasteiger partial charge on any atom is -0.358 e. The molecule has 131 heavy (non-hydrogen) atoms. The zero-order chi connectivity index (χ0) is 84.3. The summed E-state index contributed by atoms with van der Waals surface area (Å²) in [5, 5.41) is 32.5. The summed E-state index contributed by atoms with van der Waals surface area (Å²) in [4.78, 5) is 18.7. The van der Waals surface area contributed by atoms with Crippen molar-refractivity contribution >= 4 is 131 Å². The van der Waals surface area contributed by atoms with Gasteiger partial charge in [0.15, 0.2) is 0 Å². The summed E-state index contributed by atoms with van der Waals surface area (Å²) < 4.78 is 20.6. The minimum absolute atomic E-state index is 0. The first kappa shape index (κ1) is 81.0. The number of para-hydroxylation sites is 6. The summed E-state index contributed by atoms with van der Waals surface area (Å²) in [5.41, 5.74) is 25.1. The van der Waals surface area contributed by atoms with Gasteiger partial charge in [0.1, 0.15) is 16.9 Å². The van der Waals surface area contributed by atoms with Crippen molar-refractivity contribution in [2.75, 3.05) is 0 Å². The molecule has 21 heteroatoms. The molecule has 0 amide bonds. The molecule has 0 N–H and O–H groups in total. The van der Waals surface area contributed by atoms with Gasteiger partial charge in [0.25, 0.3) is 0 Å². The quantitative estimate of drug-likeness (QED) is 0.110. The number of nitrogens with zero attached hydrogens (tertiary/aromatic N) is 18. The molecular weight excluding hydrogens is 2160 g/mol. The van der Waals surface area contributed by atoms with Crippen molar-refractivity contribution in [1.82, 2.24) is 86.5 Å². The van der Waals surface area contributed by atoms with Crippen LogP contribution < -0.4 is 0 Å². The topological polar surface area (TPSA) is 152 Å². The largest absolute Gasteiger partial charge is 2.00 e. The number of rotatable bonds is 12. The van der Waals surface area contributed by atoms with Crippen LogP contribution in [0.25, 0.3) is 210 Å². The molecule has 0 saturated carbocycles. The van der Waals surface area contributed by atoms with E-state index in [-0.39, 0.29) is 63.2 Å². The standard InChI is InChI=1S/C38H22N5.C37H22N6.C35H21N7.3Pt/c1-2-10-26(11-3-1)27-19-20-33-31-14-4-6-17-35(31)42(37(33)22-27)29-13-8-12-28(23-29)41-25-30(24-40-41)43-36-18-7-5-15-32(36)34-16-9-21-39-38(34)43;1-3-15-34-29(11-1)31-18-17-26(22-36(31)42(34)27-10-7-9-25(21-27)33-14-5-6-19-38-33)41-24-28(23-40-41)43-35-16-4-2-12-30(35)32-13-8-20-39-37(32)43;1-3-13-32-28(10-1)30-16-15-25(39-19-7-18-37-39)21-34(30)41(32)26-9-5-8-24(20-26)40-23-27(22-38-40)42-33-14-4-2-11-29(33)31-12-6-17-36-35(31)42;;;/h1-10,12-21,24-25H;1-20,23-24H;1-19,22-23H;;;/q-3;2*-2;;2*+2. The fraction of sp³-hybridized carbons (Fsp3) is 0. The Morgan fingerprint density at radius 3 is 0.985 bits per heavy atom. The van der Waals surface area contributed by atoms with Crippen LogP contribution in [0.5, 0.6) is 0 Å². The summed E-state index contributed by atoms with van der Waals surface area (Å²) in [6.45, 7) is 0. The molecule has 0 aliphatic rings. The fourth-order valence-electron chi connectivity index (χ4n) is 18.3. The van der Waals surface area contributed by atoms with E-state index in [1.165, 1.54) is 21.5 Å². The van der Waals surface area contributed by atoms with Gasteiger partial charge in [-0.1, -0.05) is 149 Å². The molecule has 0 atom stereocenters. The number of hydrogen-bond acceptors (Lipinski definition) is 8. The summed E-state index contributed by atoms with van der Waals surface area (Å²) in [6.07, 6.45) is 22.8. The number of fused-ring (bicyclic) bond motifs is 18. The Kier molecular flexibility index (Phi) is 20.9. The molecule has 0 unspecified atom stereocenters. The maximum absolute atomic E-state index is 4.78. The predicted octanol–water partition coefficient (Wildman–Crippen LogP) is 23.9. The third-order valence-corrected chi connectivity index (χ3v) is 24.0. The van der Waals surface area contributed by atoms with E-state index in [0.717, 1.165) is 189 Å².